The van der Waals surface area contributed by atoms with Gasteiger partial charge in [-0.2, -0.15) is 0 Å². The van der Waals surface area contributed by atoms with Gasteiger partial charge in [-0.25, -0.2) is 0 Å². The lowest BCUT2D eigenvalue weighted by atomic mass is 9.89. The number of hydrogen-bond donors (Lipinski definition) is 1. The van der Waals surface area contributed by atoms with E-state index < -0.39 is 0 Å². The topological polar surface area (TPSA) is 75.2 Å². The summed E-state index contributed by atoms with van der Waals surface area (Å²) in [5, 5.41) is 6.80. The van der Waals surface area contributed by atoms with Crippen LogP contribution in [0.25, 0.3) is 0 Å². The number of carbonyl (C=O) groups excluding carboxylic acids is 2. The van der Waals surface area contributed by atoms with Crippen molar-refractivity contribution in [3.8, 4) is 0 Å². The van der Waals surface area contributed by atoms with Crippen molar-refractivity contribution < 1.29 is 9.59 Å². The van der Waals surface area contributed by atoms with Gasteiger partial charge in [0.05, 0.1) is 11.7 Å². The lowest BCUT2D eigenvalue weighted by molar-refractivity contribution is -0.128. The molecule has 0 bridgehead atoms. The van der Waals surface area contributed by atoms with Gasteiger partial charge in [-0.05, 0) is 37.2 Å². The molecule has 2 heterocycles. The molecule has 1 aromatic heterocycles. The minimum Gasteiger partial charge on any atom is -0.346 e. The number of rotatable bonds is 4. The number of likely N-dealkylation sites (tertiary alicyclic amines) is 1. The first-order chi connectivity index (χ1) is 10.6. The second-order valence-corrected chi connectivity index (χ2v) is 7.12. The molecule has 1 aliphatic carbocycles. The summed E-state index contributed by atoms with van der Waals surface area (Å²) >= 11 is 1.10. The highest BCUT2D eigenvalue weighted by Gasteiger charge is 2.32. The molecule has 0 radical (unpaired) electrons. The standard InChI is InChI=1S/C15H22N4O2S/c1-10-14(22-18-17-10)15(21)16-12-7-13(20)19(9-12)8-11-5-3-2-4-6-11/h11-12H,2-9H2,1H3,(H,16,21)/t12-/m1/s1. The van der Waals surface area contributed by atoms with Gasteiger partial charge in [-0.3, -0.25) is 9.59 Å². The number of hydrogen-bond acceptors (Lipinski definition) is 5. The second kappa shape index (κ2) is 6.73. The van der Waals surface area contributed by atoms with E-state index in [0.29, 0.717) is 29.5 Å². The molecule has 1 saturated heterocycles. The molecule has 2 aliphatic rings. The second-order valence-electron chi connectivity index (χ2n) is 6.36. The molecule has 0 unspecified atom stereocenters. The van der Waals surface area contributed by atoms with Crippen molar-refractivity contribution >= 4 is 23.3 Å². The summed E-state index contributed by atoms with van der Waals surface area (Å²) < 4.78 is 3.78. The van der Waals surface area contributed by atoms with Gasteiger partial charge >= 0.3 is 0 Å². The average Bonchev–Trinajstić information content (AvgIpc) is 3.07. The zero-order valence-corrected chi connectivity index (χ0v) is 13.7. The quantitative estimate of drug-likeness (QED) is 0.916. The van der Waals surface area contributed by atoms with Crippen molar-refractivity contribution in [2.75, 3.05) is 13.1 Å². The Kier molecular flexibility index (Phi) is 4.71. The van der Waals surface area contributed by atoms with Crippen LogP contribution in [0.3, 0.4) is 0 Å². The number of aryl methyl sites for hydroxylation is 1. The Morgan fingerprint density at radius 1 is 1.36 bits per heavy atom. The summed E-state index contributed by atoms with van der Waals surface area (Å²) in [5.74, 6) is 0.639. The molecular weight excluding hydrogens is 300 g/mol. The first-order valence-corrected chi connectivity index (χ1v) is 8.78. The lowest BCUT2D eigenvalue weighted by Gasteiger charge is -2.27. The average molecular weight is 322 g/mol. The van der Waals surface area contributed by atoms with Crippen molar-refractivity contribution in [2.24, 2.45) is 5.92 Å². The molecule has 2 fully saturated rings. The predicted octanol–water partition coefficient (Wildman–Crippen LogP) is 1.76. The van der Waals surface area contributed by atoms with Crippen LogP contribution in [0.5, 0.6) is 0 Å². The molecule has 1 aromatic rings. The van der Waals surface area contributed by atoms with Gasteiger partial charge in [-0.15, -0.1) is 5.10 Å². The van der Waals surface area contributed by atoms with Crippen LogP contribution in [0.4, 0.5) is 0 Å². The third-order valence-electron chi connectivity index (χ3n) is 4.61. The predicted molar refractivity (Wildman–Crippen MR) is 83.7 cm³/mol. The smallest absolute Gasteiger partial charge is 0.265 e. The minimum atomic E-state index is -0.162. The normalized spacial score (nSPS) is 23.0. The van der Waals surface area contributed by atoms with E-state index in [4.69, 9.17) is 0 Å². The molecular formula is C15H22N4O2S. The summed E-state index contributed by atoms with van der Waals surface area (Å²) in [5.41, 5.74) is 0.644. The Bertz CT molecular complexity index is 553. The first-order valence-electron chi connectivity index (χ1n) is 8.01. The van der Waals surface area contributed by atoms with Gasteiger partial charge in [0.25, 0.3) is 5.91 Å². The van der Waals surface area contributed by atoms with Crippen molar-refractivity contribution in [3.63, 3.8) is 0 Å². The Morgan fingerprint density at radius 3 is 2.82 bits per heavy atom. The van der Waals surface area contributed by atoms with E-state index in [1.54, 1.807) is 6.92 Å². The molecule has 0 aromatic carbocycles. The maximum atomic E-state index is 12.2. The summed E-state index contributed by atoms with van der Waals surface area (Å²) in [6.45, 7) is 3.26. The Labute approximate surface area is 134 Å². The van der Waals surface area contributed by atoms with E-state index in [1.807, 2.05) is 4.90 Å². The summed E-state index contributed by atoms with van der Waals surface area (Å²) in [4.78, 5) is 26.8. The molecule has 6 nitrogen and oxygen atoms in total. The number of aromatic nitrogens is 2. The van der Waals surface area contributed by atoms with Crippen LogP contribution < -0.4 is 5.32 Å². The molecule has 3 rings (SSSR count). The van der Waals surface area contributed by atoms with E-state index >= 15 is 0 Å². The highest BCUT2D eigenvalue weighted by molar-refractivity contribution is 7.08. The zero-order valence-electron chi connectivity index (χ0n) is 12.9. The largest absolute Gasteiger partial charge is 0.346 e. The third-order valence-corrected chi connectivity index (χ3v) is 5.44. The zero-order chi connectivity index (χ0) is 15.5. The summed E-state index contributed by atoms with van der Waals surface area (Å²) in [7, 11) is 0. The maximum Gasteiger partial charge on any atom is 0.265 e. The van der Waals surface area contributed by atoms with Crippen LogP contribution >= 0.6 is 11.5 Å². The molecule has 0 spiro atoms. The molecule has 120 valence electrons. The van der Waals surface area contributed by atoms with Gasteiger partial charge in [0.2, 0.25) is 5.91 Å². The van der Waals surface area contributed by atoms with Crippen LogP contribution in [0, 0.1) is 12.8 Å². The fourth-order valence-electron chi connectivity index (χ4n) is 3.42. The van der Waals surface area contributed by atoms with E-state index in [2.05, 4.69) is 14.9 Å². The fraction of sp³-hybridized carbons (Fsp3) is 0.733. The number of carbonyl (C=O) groups is 2. The van der Waals surface area contributed by atoms with Crippen molar-refractivity contribution in [1.29, 1.82) is 0 Å². The number of amides is 2. The minimum absolute atomic E-state index is 0.0925. The molecule has 7 heteroatoms. The van der Waals surface area contributed by atoms with E-state index in [1.165, 1.54) is 32.1 Å². The molecule has 1 aliphatic heterocycles. The number of nitrogens with zero attached hydrogens (tertiary/aromatic N) is 3. The lowest BCUT2D eigenvalue weighted by Crippen LogP contribution is -2.38. The van der Waals surface area contributed by atoms with Gasteiger partial charge in [-0.1, -0.05) is 23.8 Å². The third kappa shape index (κ3) is 3.45. The SMILES string of the molecule is Cc1nnsc1C(=O)N[C@@H]1CC(=O)N(CC2CCCCC2)C1. The van der Waals surface area contributed by atoms with Crippen molar-refractivity contribution in [2.45, 2.75) is 51.5 Å². The molecule has 1 saturated carbocycles. The molecule has 22 heavy (non-hydrogen) atoms. The molecule has 1 atom stereocenters. The monoisotopic (exact) mass is 322 g/mol. The fourth-order valence-corrected chi connectivity index (χ4v) is 3.98. The van der Waals surface area contributed by atoms with Gasteiger partial charge in [0, 0.05) is 19.5 Å². The Hall–Kier alpha value is -1.50. The summed E-state index contributed by atoms with van der Waals surface area (Å²) in [6, 6.07) is -0.0925. The highest BCUT2D eigenvalue weighted by Crippen LogP contribution is 2.26. The van der Waals surface area contributed by atoms with Gasteiger partial charge in [0.15, 0.2) is 0 Å². The Balaban J connectivity index is 1.53. The van der Waals surface area contributed by atoms with Crippen LogP contribution in [0.15, 0.2) is 0 Å². The van der Waals surface area contributed by atoms with Crippen molar-refractivity contribution in [3.05, 3.63) is 10.6 Å². The Morgan fingerprint density at radius 2 is 2.14 bits per heavy atom. The van der Waals surface area contributed by atoms with E-state index in [-0.39, 0.29) is 17.9 Å². The summed E-state index contributed by atoms with van der Waals surface area (Å²) in [6.07, 6.45) is 6.75. The van der Waals surface area contributed by atoms with Crippen LogP contribution in [0.2, 0.25) is 0 Å². The van der Waals surface area contributed by atoms with Crippen LogP contribution in [-0.2, 0) is 4.79 Å². The van der Waals surface area contributed by atoms with Gasteiger partial charge in [0.1, 0.15) is 4.88 Å². The van der Waals surface area contributed by atoms with Crippen LogP contribution in [-0.4, -0.2) is 45.4 Å². The molecule has 2 amide bonds. The molecule has 1 N–H and O–H groups in total. The number of nitrogens with one attached hydrogen (secondary N) is 1. The first kappa shape index (κ1) is 15.4. The van der Waals surface area contributed by atoms with E-state index in [0.717, 1.165) is 18.1 Å². The van der Waals surface area contributed by atoms with E-state index in [9.17, 15) is 9.59 Å². The van der Waals surface area contributed by atoms with Gasteiger partial charge < -0.3 is 10.2 Å². The van der Waals surface area contributed by atoms with Crippen molar-refractivity contribution in [1.82, 2.24) is 19.8 Å². The maximum absolute atomic E-state index is 12.2. The van der Waals surface area contributed by atoms with Crippen LogP contribution in [0.1, 0.15) is 53.9 Å². The highest BCUT2D eigenvalue weighted by atomic mass is 32.1.